The van der Waals surface area contributed by atoms with Crippen molar-refractivity contribution in [3.63, 3.8) is 0 Å². The number of carbonyl (C=O) groups excluding carboxylic acids is 3. The van der Waals surface area contributed by atoms with Crippen LogP contribution in [0, 0.1) is 17.8 Å². The van der Waals surface area contributed by atoms with Crippen LogP contribution in [0.1, 0.15) is 25.8 Å². The van der Waals surface area contributed by atoms with Crippen LogP contribution in [0.5, 0.6) is 0 Å². The predicted octanol–water partition coefficient (Wildman–Crippen LogP) is 2.61. The van der Waals surface area contributed by atoms with Gasteiger partial charge in [-0.15, -0.1) is 13.2 Å². The number of ether oxygens (including phenoxy) is 1. The van der Waals surface area contributed by atoms with E-state index in [-0.39, 0.29) is 41.6 Å². The van der Waals surface area contributed by atoms with Gasteiger partial charge < -0.3 is 24.5 Å². The molecule has 2 bridgehead atoms. The molecule has 1 N–H and O–H groups in total. The Kier molecular flexibility index (Phi) is 8.49. The first-order valence-corrected chi connectivity index (χ1v) is 14.1. The van der Waals surface area contributed by atoms with E-state index in [0.717, 1.165) is 5.56 Å². The third kappa shape index (κ3) is 4.62. The number of benzene rings is 1. The number of aliphatic hydroxyl groups is 1. The molecular weight excluding hydrogens is 550 g/mol. The van der Waals surface area contributed by atoms with E-state index in [1.807, 2.05) is 44.2 Å². The Morgan fingerprint density at radius 1 is 1.21 bits per heavy atom. The SMILES string of the molecule is C=CCN(C)C(=O)[C@H]1[C@@H]2OC3(CC2Br)C(C(=O)N(CC=C)Cc2ccccc2)N([C@@H](CO)C(C)C)C(=O)[C@H]13. The Balaban J connectivity index is 1.81. The molecule has 3 aliphatic heterocycles. The van der Waals surface area contributed by atoms with E-state index >= 15 is 0 Å². The number of amides is 3. The number of alkyl halides is 1. The molecule has 3 fully saturated rings. The molecule has 0 saturated carbocycles. The molecule has 8 nitrogen and oxygen atoms in total. The van der Waals surface area contributed by atoms with Gasteiger partial charge in [-0.1, -0.05) is 72.3 Å². The summed E-state index contributed by atoms with van der Waals surface area (Å²) in [6.07, 6.45) is 3.19. The number of nitrogens with zero attached hydrogens (tertiary/aromatic N) is 3. The first kappa shape index (κ1) is 28.5. The van der Waals surface area contributed by atoms with Crippen molar-refractivity contribution in [3.8, 4) is 0 Å². The fourth-order valence-electron chi connectivity index (χ4n) is 6.51. The largest absolute Gasteiger partial charge is 0.394 e. The zero-order chi connectivity index (χ0) is 27.8. The number of carbonyl (C=O) groups is 3. The monoisotopic (exact) mass is 587 g/mol. The average Bonchev–Trinajstić information content (AvgIpc) is 3.48. The third-order valence-electron chi connectivity index (χ3n) is 8.22. The van der Waals surface area contributed by atoms with E-state index in [0.29, 0.717) is 19.5 Å². The standard InChI is InChI=1S/C29H38BrN3O5/c1-6-13-31(5)26(35)22-23-27(36)33(21(17-34)18(3)4)25(29(23)15-20(30)24(22)38-29)28(37)32(14-7-2)16-19-11-9-8-10-12-19/h6-12,18,20-25,34H,1-2,13-17H2,3-5H3/t20?,21-,22+,23-,24+,25?,29?/m0/s1. The average molecular weight is 589 g/mol. The van der Waals surface area contributed by atoms with E-state index in [1.165, 1.54) is 4.90 Å². The fraction of sp³-hybridized carbons (Fsp3) is 0.552. The molecule has 3 aliphatic rings. The lowest BCUT2D eigenvalue weighted by Crippen LogP contribution is -2.59. The van der Waals surface area contributed by atoms with Crippen molar-refractivity contribution in [1.82, 2.24) is 14.7 Å². The first-order valence-electron chi connectivity index (χ1n) is 13.2. The predicted molar refractivity (Wildman–Crippen MR) is 148 cm³/mol. The maximum absolute atomic E-state index is 14.5. The van der Waals surface area contributed by atoms with Gasteiger partial charge in [0.05, 0.1) is 30.6 Å². The molecule has 3 unspecified atom stereocenters. The number of halogens is 1. The number of aliphatic hydroxyl groups excluding tert-OH is 1. The van der Waals surface area contributed by atoms with Crippen molar-refractivity contribution in [2.24, 2.45) is 17.8 Å². The van der Waals surface area contributed by atoms with Crippen LogP contribution in [-0.4, -0.2) is 92.9 Å². The quantitative estimate of drug-likeness (QED) is 0.317. The number of likely N-dealkylation sites (tertiary alicyclic amines) is 1. The third-order valence-corrected chi connectivity index (χ3v) is 9.06. The molecule has 1 spiro atoms. The first-order chi connectivity index (χ1) is 18.1. The Bertz CT molecular complexity index is 1080. The summed E-state index contributed by atoms with van der Waals surface area (Å²) in [7, 11) is 1.68. The molecule has 3 heterocycles. The second-order valence-electron chi connectivity index (χ2n) is 10.9. The molecule has 1 aromatic carbocycles. The highest BCUT2D eigenvalue weighted by Crippen LogP contribution is 2.61. The summed E-state index contributed by atoms with van der Waals surface area (Å²) >= 11 is 3.71. The lowest BCUT2D eigenvalue weighted by atomic mass is 9.70. The number of hydrogen-bond acceptors (Lipinski definition) is 5. The van der Waals surface area contributed by atoms with Gasteiger partial charge in [-0.25, -0.2) is 0 Å². The second-order valence-corrected chi connectivity index (χ2v) is 12.1. The summed E-state index contributed by atoms with van der Waals surface area (Å²) in [4.78, 5) is 47.0. The van der Waals surface area contributed by atoms with E-state index in [9.17, 15) is 19.5 Å². The van der Waals surface area contributed by atoms with Gasteiger partial charge in [0.2, 0.25) is 17.7 Å². The second kappa shape index (κ2) is 11.3. The van der Waals surface area contributed by atoms with Gasteiger partial charge in [0.1, 0.15) is 11.6 Å². The highest BCUT2D eigenvalue weighted by atomic mass is 79.9. The van der Waals surface area contributed by atoms with Crippen LogP contribution in [0.3, 0.4) is 0 Å². The van der Waals surface area contributed by atoms with Crippen LogP contribution in [-0.2, 0) is 25.7 Å². The zero-order valence-electron chi connectivity index (χ0n) is 22.3. The summed E-state index contributed by atoms with van der Waals surface area (Å²) in [5, 5.41) is 10.4. The summed E-state index contributed by atoms with van der Waals surface area (Å²) in [5.41, 5.74) is -0.231. The Hall–Kier alpha value is -2.49. The minimum Gasteiger partial charge on any atom is -0.394 e. The van der Waals surface area contributed by atoms with Crippen LogP contribution in [0.25, 0.3) is 0 Å². The van der Waals surface area contributed by atoms with Crippen molar-refractivity contribution < 1.29 is 24.2 Å². The van der Waals surface area contributed by atoms with Gasteiger partial charge in [-0.05, 0) is 17.9 Å². The van der Waals surface area contributed by atoms with Crippen LogP contribution in [0.2, 0.25) is 0 Å². The molecule has 3 saturated heterocycles. The van der Waals surface area contributed by atoms with Gasteiger partial charge in [-0.3, -0.25) is 14.4 Å². The molecular formula is C29H38BrN3O5. The van der Waals surface area contributed by atoms with E-state index in [1.54, 1.807) is 29.0 Å². The number of fused-ring (bicyclic) bond motifs is 1. The minimum atomic E-state index is -1.18. The molecule has 9 heteroatoms. The summed E-state index contributed by atoms with van der Waals surface area (Å²) < 4.78 is 6.61. The Morgan fingerprint density at radius 3 is 2.45 bits per heavy atom. The lowest BCUT2D eigenvalue weighted by molar-refractivity contribution is -0.153. The maximum Gasteiger partial charge on any atom is 0.249 e. The highest BCUT2D eigenvalue weighted by Gasteiger charge is 2.77. The number of likely N-dealkylation sites (N-methyl/N-ethyl adjacent to an activating group) is 1. The van der Waals surface area contributed by atoms with Gasteiger partial charge in [0.15, 0.2) is 0 Å². The van der Waals surface area contributed by atoms with Crippen molar-refractivity contribution in [1.29, 1.82) is 0 Å². The maximum atomic E-state index is 14.5. The lowest BCUT2D eigenvalue weighted by Gasteiger charge is -2.40. The van der Waals surface area contributed by atoms with Crippen LogP contribution in [0.15, 0.2) is 55.6 Å². The highest BCUT2D eigenvalue weighted by molar-refractivity contribution is 9.09. The van der Waals surface area contributed by atoms with Gasteiger partial charge in [-0.2, -0.15) is 0 Å². The molecule has 0 radical (unpaired) electrons. The van der Waals surface area contributed by atoms with Gasteiger partial charge >= 0.3 is 0 Å². The van der Waals surface area contributed by atoms with Crippen LogP contribution in [0.4, 0.5) is 0 Å². The van der Waals surface area contributed by atoms with Crippen LogP contribution >= 0.6 is 15.9 Å². The molecule has 4 rings (SSSR count). The topological polar surface area (TPSA) is 90.4 Å². The van der Waals surface area contributed by atoms with Crippen LogP contribution < -0.4 is 0 Å². The fourth-order valence-corrected chi connectivity index (χ4v) is 7.45. The summed E-state index contributed by atoms with van der Waals surface area (Å²) in [5.74, 6) is -2.45. The molecule has 7 atom stereocenters. The minimum absolute atomic E-state index is 0.119. The smallest absolute Gasteiger partial charge is 0.249 e. The van der Waals surface area contributed by atoms with E-state index in [4.69, 9.17) is 4.74 Å². The normalized spacial score (nSPS) is 30.3. The van der Waals surface area contributed by atoms with Crippen molar-refractivity contribution in [3.05, 3.63) is 61.2 Å². The molecule has 3 amide bonds. The molecule has 1 aromatic rings. The molecule has 38 heavy (non-hydrogen) atoms. The Labute approximate surface area is 233 Å². The zero-order valence-corrected chi connectivity index (χ0v) is 23.9. The van der Waals surface area contributed by atoms with Crippen molar-refractivity contribution >= 4 is 33.7 Å². The Morgan fingerprint density at radius 2 is 1.87 bits per heavy atom. The van der Waals surface area contributed by atoms with Gasteiger partial charge in [0.25, 0.3) is 0 Å². The van der Waals surface area contributed by atoms with Crippen molar-refractivity contribution in [2.75, 3.05) is 26.7 Å². The molecule has 206 valence electrons. The van der Waals surface area contributed by atoms with Gasteiger partial charge in [0, 0.05) is 31.5 Å². The number of hydrogen-bond donors (Lipinski definition) is 1. The number of rotatable bonds is 11. The van der Waals surface area contributed by atoms with E-state index in [2.05, 4.69) is 29.1 Å². The summed E-state index contributed by atoms with van der Waals surface area (Å²) in [6, 6.07) is 8.07. The van der Waals surface area contributed by atoms with E-state index < -0.39 is 35.6 Å². The molecule has 0 aromatic heterocycles. The molecule has 0 aliphatic carbocycles. The van der Waals surface area contributed by atoms with Crippen molar-refractivity contribution in [2.45, 2.75) is 55.4 Å². The summed E-state index contributed by atoms with van der Waals surface area (Å²) in [6.45, 7) is 12.1.